The molecule has 0 spiro atoms. The maximum Gasteiger partial charge on any atom is 0.405 e. The molecular formula is C14H15N3O4S. The lowest BCUT2D eigenvalue weighted by Crippen LogP contribution is -2.24. The standard InChI is InChI=1S/C14H15N3O4S/c1-21-11-5-3-2-4-9(11)6-15-13(18)10-8-22-12(17-10)7-16-14(19)20/h2-5,8,16H,6-7H2,1H3,(H,15,18)(H,19,20). The molecule has 0 saturated heterocycles. The number of nitrogens with zero attached hydrogens (tertiary/aromatic N) is 1. The lowest BCUT2D eigenvalue weighted by Gasteiger charge is -2.08. The summed E-state index contributed by atoms with van der Waals surface area (Å²) in [4.78, 5) is 26.5. The first-order chi connectivity index (χ1) is 10.6. The van der Waals surface area contributed by atoms with Crippen LogP contribution < -0.4 is 15.4 Å². The van der Waals surface area contributed by atoms with Gasteiger partial charge >= 0.3 is 6.09 Å². The van der Waals surface area contributed by atoms with Crippen molar-refractivity contribution in [1.29, 1.82) is 0 Å². The van der Waals surface area contributed by atoms with Gasteiger partial charge in [-0.2, -0.15) is 0 Å². The van der Waals surface area contributed by atoms with E-state index >= 15 is 0 Å². The smallest absolute Gasteiger partial charge is 0.405 e. The van der Waals surface area contributed by atoms with E-state index in [1.807, 2.05) is 24.3 Å². The van der Waals surface area contributed by atoms with Crippen molar-refractivity contribution in [3.05, 3.63) is 45.9 Å². The number of methoxy groups -OCH3 is 1. The van der Waals surface area contributed by atoms with E-state index in [2.05, 4.69) is 15.6 Å². The molecule has 2 rings (SSSR count). The molecule has 0 bridgehead atoms. The number of benzene rings is 1. The van der Waals surface area contributed by atoms with Gasteiger partial charge in [0, 0.05) is 17.5 Å². The lowest BCUT2D eigenvalue weighted by atomic mass is 10.2. The zero-order valence-electron chi connectivity index (χ0n) is 11.8. The van der Waals surface area contributed by atoms with Crippen LogP contribution in [0.2, 0.25) is 0 Å². The molecule has 2 amide bonds. The highest BCUT2D eigenvalue weighted by Crippen LogP contribution is 2.17. The number of hydrogen-bond acceptors (Lipinski definition) is 5. The van der Waals surface area contributed by atoms with Crippen molar-refractivity contribution in [2.24, 2.45) is 0 Å². The minimum Gasteiger partial charge on any atom is -0.496 e. The van der Waals surface area contributed by atoms with Crippen LogP contribution in [0.4, 0.5) is 4.79 Å². The van der Waals surface area contributed by atoms with Crippen LogP contribution in [-0.4, -0.2) is 29.2 Å². The van der Waals surface area contributed by atoms with E-state index < -0.39 is 6.09 Å². The Kier molecular flexibility index (Phi) is 5.31. The van der Waals surface area contributed by atoms with E-state index in [1.165, 1.54) is 11.3 Å². The molecule has 0 radical (unpaired) electrons. The summed E-state index contributed by atoms with van der Waals surface area (Å²) in [6, 6.07) is 7.40. The van der Waals surface area contributed by atoms with Gasteiger partial charge in [0.25, 0.3) is 5.91 Å². The molecule has 8 heteroatoms. The normalized spacial score (nSPS) is 10.0. The topological polar surface area (TPSA) is 101 Å². The second-order valence-corrected chi connectivity index (χ2v) is 5.22. The van der Waals surface area contributed by atoms with Crippen LogP contribution in [0.3, 0.4) is 0 Å². The SMILES string of the molecule is COc1ccccc1CNC(=O)c1csc(CNC(=O)O)n1. The molecule has 0 aliphatic rings. The third-order valence-electron chi connectivity index (χ3n) is 2.81. The number of carbonyl (C=O) groups excluding carboxylic acids is 1. The number of hydrogen-bond donors (Lipinski definition) is 3. The first-order valence-corrected chi connectivity index (χ1v) is 7.29. The molecule has 0 saturated carbocycles. The van der Waals surface area contributed by atoms with Crippen molar-refractivity contribution in [2.75, 3.05) is 7.11 Å². The number of nitrogens with one attached hydrogen (secondary N) is 2. The zero-order chi connectivity index (χ0) is 15.9. The molecule has 1 aromatic carbocycles. The number of carboxylic acid groups (broad SMARTS) is 1. The van der Waals surface area contributed by atoms with Gasteiger partial charge in [0.2, 0.25) is 0 Å². The van der Waals surface area contributed by atoms with Crippen LogP contribution in [0.15, 0.2) is 29.6 Å². The quantitative estimate of drug-likeness (QED) is 0.754. The Morgan fingerprint density at radius 1 is 1.27 bits per heavy atom. The predicted octanol–water partition coefficient (Wildman–Crippen LogP) is 1.85. The minimum atomic E-state index is -1.13. The minimum absolute atomic E-state index is 0.0831. The number of aromatic nitrogens is 1. The van der Waals surface area contributed by atoms with E-state index in [0.29, 0.717) is 17.3 Å². The average Bonchev–Trinajstić information content (AvgIpc) is 3.00. The monoisotopic (exact) mass is 321 g/mol. The van der Waals surface area contributed by atoms with Crippen LogP contribution in [0, 0.1) is 0 Å². The van der Waals surface area contributed by atoms with Crippen molar-refractivity contribution in [2.45, 2.75) is 13.1 Å². The molecule has 1 heterocycles. The summed E-state index contributed by atoms with van der Waals surface area (Å²) in [5.74, 6) is 0.385. The summed E-state index contributed by atoms with van der Waals surface area (Å²) in [6.45, 7) is 0.406. The largest absolute Gasteiger partial charge is 0.496 e. The van der Waals surface area contributed by atoms with Crippen LogP contribution >= 0.6 is 11.3 Å². The molecule has 7 nitrogen and oxygen atoms in total. The molecule has 1 aromatic heterocycles. The molecule has 2 aromatic rings. The summed E-state index contributed by atoms with van der Waals surface area (Å²) in [5, 5.41) is 15.6. The molecule has 3 N–H and O–H groups in total. The van der Waals surface area contributed by atoms with Crippen molar-refractivity contribution in [1.82, 2.24) is 15.6 Å². The first-order valence-electron chi connectivity index (χ1n) is 6.41. The Morgan fingerprint density at radius 2 is 2.05 bits per heavy atom. The molecule has 0 fully saturated rings. The Hall–Kier alpha value is -2.61. The summed E-state index contributed by atoms with van der Waals surface area (Å²) in [6.07, 6.45) is -1.13. The van der Waals surface area contributed by atoms with E-state index in [0.717, 1.165) is 5.56 Å². The maximum atomic E-state index is 12.0. The second kappa shape index (κ2) is 7.41. The van der Waals surface area contributed by atoms with Gasteiger partial charge in [0.1, 0.15) is 16.5 Å². The van der Waals surface area contributed by atoms with Gasteiger partial charge in [-0.1, -0.05) is 18.2 Å². The summed E-state index contributed by atoms with van der Waals surface area (Å²) >= 11 is 1.23. The highest BCUT2D eigenvalue weighted by atomic mass is 32.1. The number of ether oxygens (including phenoxy) is 1. The molecule has 0 unspecified atom stereocenters. The van der Waals surface area contributed by atoms with Crippen molar-refractivity contribution < 1.29 is 19.4 Å². The molecule has 116 valence electrons. The van der Waals surface area contributed by atoms with Gasteiger partial charge in [-0.15, -0.1) is 11.3 Å². The van der Waals surface area contributed by atoms with Gasteiger partial charge in [-0.05, 0) is 6.07 Å². The predicted molar refractivity (Wildman–Crippen MR) is 81.1 cm³/mol. The van der Waals surface area contributed by atoms with Gasteiger partial charge in [-0.25, -0.2) is 9.78 Å². The van der Waals surface area contributed by atoms with E-state index in [1.54, 1.807) is 12.5 Å². The van der Waals surface area contributed by atoms with Gasteiger partial charge in [0.05, 0.1) is 13.7 Å². The lowest BCUT2D eigenvalue weighted by molar-refractivity contribution is 0.0946. The van der Waals surface area contributed by atoms with Crippen LogP contribution in [-0.2, 0) is 13.1 Å². The summed E-state index contributed by atoms with van der Waals surface area (Å²) < 4.78 is 5.21. The third-order valence-corrected chi connectivity index (χ3v) is 3.66. The highest BCUT2D eigenvalue weighted by molar-refractivity contribution is 7.09. The Balaban J connectivity index is 1.93. The Labute approximate surface area is 131 Å². The molecule has 0 aliphatic heterocycles. The van der Waals surface area contributed by atoms with Crippen molar-refractivity contribution >= 4 is 23.3 Å². The third kappa shape index (κ3) is 4.19. The van der Waals surface area contributed by atoms with E-state index in [9.17, 15) is 9.59 Å². The summed E-state index contributed by atoms with van der Waals surface area (Å²) in [7, 11) is 1.57. The fraction of sp³-hybridized carbons (Fsp3) is 0.214. The number of thiazole rings is 1. The molecule has 0 atom stereocenters. The molecule has 22 heavy (non-hydrogen) atoms. The van der Waals surface area contributed by atoms with Crippen LogP contribution in [0.1, 0.15) is 21.1 Å². The molecular weight excluding hydrogens is 306 g/mol. The number of rotatable bonds is 6. The average molecular weight is 321 g/mol. The van der Waals surface area contributed by atoms with E-state index in [4.69, 9.17) is 9.84 Å². The van der Waals surface area contributed by atoms with Gasteiger partial charge in [-0.3, -0.25) is 4.79 Å². The van der Waals surface area contributed by atoms with Crippen molar-refractivity contribution in [3.63, 3.8) is 0 Å². The number of carbonyl (C=O) groups is 2. The Bertz CT molecular complexity index is 672. The summed E-state index contributed by atoms with van der Waals surface area (Å²) in [5.41, 5.74) is 1.13. The fourth-order valence-corrected chi connectivity index (χ4v) is 2.48. The van der Waals surface area contributed by atoms with Gasteiger partial charge in [0.15, 0.2) is 0 Å². The fourth-order valence-electron chi connectivity index (χ4n) is 1.76. The molecule has 0 aliphatic carbocycles. The Morgan fingerprint density at radius 3 is 2.77 bits per heavy atom. The zero-order valence-corrected chi connectivity index (χ0v) is 12.6. The highest BCUT2D eigenvalue weighted by Gasteiger charge is 2.12. The number of amides is 2. The van der Waals surface area contributed by atoms with Gasteiger partial charge < -0.3 is 20.5 Å². The maximum absolute atomic E-state index is 12.0. The van der Waals surface area contributed by atoms with Crippen LogP contribution in [0.25, 0.3) is 0 Å². The van der Waals surface area contributed by atoms with Crippen LogP contribution in [0.5, 0.6) is 5.75 Å². The van der Waals surface area contributed by atoms with E-state index in [-0.39, 0.29) is 18.1 Å². The number of para-hydroxylation sites is 1. The first kappa shape index (κ1) is 15.8. The van der Waals surface area contributed by atoms with Crippen molar-refractivity contribution in [3.8, 4) is 5.75 Å². The second-order valence-electron chi connectivity index (χ2n) is 4.28.